The first kappa shape index (κ1) is 18.1. The number of methoxy groups -OCH3 is 3. The molecule has 0 aliphatic heterocycles. The van der Waals surface area contributed by atoms with Gasteiger partial charge in [-0.05, 0) is 24.3 Å². The first-order chi connectivity index (χ1) is 11.3. The van der Waals surface area contributed by atoms with Crippen LogP contribution in [-0.2, 0) is 0 Å². The van der Waals surface area contributed by atoms with Gasteiger partial charge in [0, 0.05) is 17.0 Å². The Kier molecular flexibility index (Phi) is 6.06. The highest BCUT2D eigenvalue weighted by Crippen LogP contribution is 2.38. The van der Waals surface area contributed by atoms with E-state index in [-0.39, 0.29) is 12.4 Å². The predicted octanol–water partition coefficient (Wildman–Crippen LogP) is 4.92. The summed E-state index contributed by atoms with van der Waals surface area (Å²) in [7, 11) is 4.95. The summed E-state index contributed by atoms with van der Waals surface area (Å²) in [4.78, 5) is 4.74. The summed E-state index contributed by atoms with van der Waals surface area (Å²) < 4.78 is 16.1. The van der Waals surface area contributed by atoms with Gasteiger partial charge in [0.25, 0.3) is 0 Å². The molecule has 3 rings (SSSR count). The Hall–Kier alpha value is -2.24. The van der Waals surface area contributed by atoms with Gasteiger partial charge >= 0.3 is 0 Å². The number of ether oxygens (including phenoxy) is 3. The Morgan fingerprint density at radius 1 is 0.833 bits per heavy atom. The highest BCUT2D eigenvalue weighted by Gasteiger charge is 2.14. The number of benzene rings is 2. The summed E-state index contributed by atoms with van der Waals surface area (Å²) in [6.45, 7) is 0. The van der Waals surface area contributed by atoms with Crippen molar-refractivity contribution in [3.05, 3.63) is 47.8 Å². The highest BCUT2D eigenvalue weighted by atomic mass is 35.5. The lowest BCUT2D eigenvalue weighted by molar-refractivity contribution is 0.395. The maximum atomic E-state index is 5.46. The summed E-state index contributed by atoms with van der Waals surface area (Å²) in [5.74, 6) is 2.31. The molecule has 0 unspecified atom stereocenters. The fraction of sp³-hybridized carbons (Fsp3) is 0.167. The molecule has 0 saturated carbocycles. The molecule has 0 fully saturated rings. The molecule has 0 N–H and O–H groups in total. The minimum Gasteiger partial charge on any atom is -0.497 e. The van der Waals surface area contributed by atoms with Crippen LogP contribution in [0.2, 0.25) is 0 Å². The Balaban J connectivity index is 0.00000208. The molecule has 2 aromatic carbocycles. The molecule has 3 aromatic rings. The van der Waals surface area contributed by atoms with E-state index in [1.165, 1.54) is 0 Å². The zero-order chi connectivity index (χ0) is 16.2. The van der Waals surface area contributed by atoms with E-state index in [1.807, 2.05) is 47.8 Å². The number of aromatic nitrogens is 1. The van der Waals surface area contributed by atoms with Crippen molar-refractivity contribution >= 4 is 23.7 Å². The molecule has 4 nitrogen and oxygen atoms in total. The van der Waals surface area contributed by atoms with Gasteiger partial charge in [0.1, 0.15) is 22.3 Å². The third-order valence-electron chi connectivity index (χ3n) is 3.53. The lowest BCUT2D eigenvalue weighted by atomic mass is 10.1. The van der Waals surface area contributed by atoms with E-state index in [1.54, 1.807) is 32.7 Å². The molecule has 1 heterocycles. The molecule has 0 spiro atoms. The zero-order valence-corrected chi connectivity index (χ0v) is 15.2. The van der Waals surface area contributed by atoms with Crippen LogP contribution in [0.25, 0.3) is 21.8 Å². The normalized spacial score (nSPS) is 9.96. The van der Waals surface area contributed by atoms with E-state index in [2.05, 4.69) is 0 Å². The Bertz CT molecular complexity index is 820. The average molecular weight is 364 g/mol. The van der Waals surface area contributed by atoms with E-state index in [4.69, 9.17) is 19.2 Å². The zero-order valence-electron chi connectivity index (χ0n) is 13.6. The average Bonchev–Trinajstić information content (AvgIpc) is 3.10. The van der Waals surface area contributed by atoms with Crippen molar-refractivity contribution in [3.63, 3.8) is 0 Å². The molecule has 24 heavy (non-hydrogen) atoms. The lowest BCUT2D eigenvalue weighted by Gasteiger charge is -2.08. The van der Waals surface area contributed by atoms with Gasteiger partial charge in [0.05, 0.1) is 32.6 Å². The number of hydrogen-bond acceptors (Lipinski definition) is 5. The number of rotatable bonds is 5. The van der Waals surface area contributed by atoms with Gasteiger partial charge in [-0.3, -0.25) is 0 Å². The third kappa shape index (κ3) is 3.47. The van der Waals surface area contributed by atoms with Crippen LogP contribution >= 0.6 is 23.7 Å². The number of hydrogen-bond donors (Lipinski definition) is 0. The molecule has 0 bridgehead atoms. The highest BCUT2D eigenvalue weighted by molar-refractivity contribution is 7.13. The van der Waals surface area contributed by atoms with Gasteiger partial charge in [-0.1, -0.05) is 12.1 Å². The SMILES string of the molecule is COc1ccc(-c2nc(-c3ccccc3OC)cs2)c(OC)c1.Cl. The van der Waals surface area contributed by atoms with Crippen molar-refractivity contribution in [2.45, 2.75) is 0 Å². The van der Waals surface area contributed by atoms with Gasteiger partial charge in [-0.2, -0.15) is 0 Å². The largest absolute Gasteiger partial charge is 0.497 e. The van der Waals surface area contributed by atoms with Crippen molar-refractivity contribution in [1.29, 1.82) is 0 Å². The van der Waals surface area contributed by atoms with E-state index < -0.39 is 0 Å². The van der Waals surface area contributed by atoms with Crippen molar-refractivity contribution in [3.8, 4) is 39.1 Å². The topological polar surface area (TPSA) is 40.6 Å². The molecule has 126 valence electrons. The van der Waals surface area contributed by atoms with Crippen LogP contribution in [0, 0.1) is 0 Å². The van der Waals surface area contributed by atoms with Crippen molar-refractivity contribution in [2.24, 2.45) is 0 Å². The summed E-state index contributed by atoms with van der Waals surface area (Å²) in [5, 5.41) is 2.92. The third-order valence-corrected chi connectivity index (χ3v) is 4.40. The van der Waals surface area contributed by atoms with Crippen LogP contribution in [0.4, 0.5) is 0 Å². The monoisotopic (exact) mass is 363 g/mol. The smallest absolute Gasteiger partial charge is 0.132 e. The van der Waals surface area contributed by atoms with Crippen molar-refractivity contribution in [2.75, 3.05) is 21.3 Å². The maximum absolute atomic E-state index is 5.46. The summed E-state index contributed by atoms with van der Waals surface area (Å²) >= 11 is 1.57. The van der Waals surface area contributed by atoms with E-state index in [9.17, 15) is 0 Å². The van der Waals surface area contributed by atoms with Crippen LogP contribution in [0.15, 0.2) is 47.8 Å². The molecule has 0 atom stereocenters. The van der Waals surface area contributed by atoms with Crippen LogP contribution in [0.1, 0.15) is 0 Å². The molecular weight excluding hydrogens is 346 g/mol. The molecule has 0 aliphatic rings. The van der Waals surface area contributed by atoms with E-state index in [0.717, 1.165) is 39.1 Å². The van der Waals surface area contributed by atoms with Crippen molar-refractivity contribution < 1.29 is 14.2 Å². The van der Waals surface area contributed by atoms with Crippen LogP contribution in [0.3, 0.4) is 0 Å². The lowest BCUT2D eigenvalue weighted by Crippen LogP contribution is -1.91. The Morgan fingerprint density at radius 2 is 1.58 bits per heavy atom. The molecule has 0 saturated heterocycles. The quantitative estimate of drug-likeness (QED) is 0.644. The number of nitrogens with zero attached hydrogens (tertiary/aromatic N) is 1. The number of halogens is 1. The number of para-hydroxylation sites is 1. The van der Waals surface area contributed by atoms with Gasteiger partial charge in [0.2, 0.25) is 0 Å². The van der Waals surface area contributed by atoms with Crippen LogP contribution in [-0.4, -0.2) is 26.3 Å². The van der Waals surface area contributed by atoms with Crippen LogP contribution < -0.4 is 14.2 Å². The fourth-order valence-electron chi connectivity index (χ4n) is 2.35. The summed E-state index contributed by atoms with van der Waals surface area (Å²) in [5.41, 5.74) is 2.81. The summed E-state index contributed by atoms with van der Waals surface area (Å²) in [6, 6.07) is 13.6. The second-order valence-electron chi connectivity index (χ2n) is 4.80. The van der Waals surface area contributed by atoms with Crippen LogP contribution in [0.5, 0.6) is 17.2 Å². The minimum absolute atomic E-state index is 0. The van der Waals surface area contributed by atoms with E-state index >= 15 is 0 Å². The molecule has 0 aliphatic carbocycles. The molecule has 1 aromatic heterocycles. The number of thiazole rings is 1. The van der Waals surface area contributed by atoms with Gasteiger partial charge in [0.15, 0.2) is 0 Å². The predicted molar refractivity (Wildman–Crippen MR) is 99.9 cm³/mol. The van der Waals surface area contributed by atoms with Gasteiger partial charge in [-0.25, -0.2) is 4.98 Å². The Labute approximate surface area is 151 Å². The standard InChI is InChI=1S/C18H17NO3S.ClH/c1-20-12-8-9-14(17(10-12)22-3)18-19-15(11-23-18)13-6-4-5-7-16(13)21-2;/h4-11H,1-3H3;1H. The molecular formula is C18H18ClNO3S. The molecule has 6 heteroatoms. The molecule has 0 radical (unpaired) electrons. The molecule has 0 amide bonds. The van der Waals surface area contributed by atoms with Crippen molar-refractivity contribution in [1.82, 2.24) is 4.98 Å². The first-order valence-corrected chi connectivity index (χ1v) is 7.96. The van der Waals surface area contributed by atoms with Gasteiger partial charge in [-0.15, -0.1) is 23.7 Å². The first-order valence-electron chi connectivity index (χ1n) is 7.08. The maximum Gasteiger partial charge on any atom is 0.132 e. The second-order valence-corrected chi connectivity index (χ2v) is 5.66. The Morgan fingerprint density at radius 3 is 2.29 bits per heavy atom. The summed E-state index contributed by atoms with van der Waals surface area (Å²) in [6.07, 6.45) is 0. The second kappa shape index (κ2) is 8.04. The fourth-order valence-corrected chi connectivity index (χ4v) is 3.20. The minimum atomic E-state index is 0. The van der Waals surface area contributed by atoms with E-state index in [0.29, 0.717) is 0 Å². The van der Waals surface area contributed by atoms with Gasteiger partial charge < -0.3 is 14.2 Å².